The highest BCUT2D eigenvalue weighted by Gasteiger charge is 2.32. The van der Waals surface area contributed by atoms with Crippen molar-refractivity contribution in [1.82, 2.24) is 19.9 Å². The van der Waals surface area contributed by atoms with Gasteiger partial charge in [0.25, 0.3) is 0 Å². The minimum Gasteiger partial charge on any atom is -0.496 e. The Morgan fingerprint density at radius 1 is 0.310 bits per heavy atom. The first-order chi connectivity index (χ1) is 41.2. The third kappa shape index (κ3) is 9.35. The van der Waals surface area contributed by atoms with Crippen molar-refractivity contribution in [3.8, 4) is 69.0 Å². The van der Waals surface area contributed by atoms with Crippen molar-refractivity contribution >= 4 is 66.4 Å². The summed E-state index contributed by atoms with van der Waals surface area (Å²) in [5.74, 6) is 3.83. The van der Waals surface area contributed by atoms with Gasteiger partial charge < -0.3 is 78.3 Å². The summed E-state index contributed by atoms with van der Waals surface area (Å²) < 4.78 is 51.8. The van der Waals surface area contributed by atoms with Crippen molar-refractivity contribution in [2.75, 3.05) is 28.4 Å². The standard InChI is InChI=1S/C64H52N8O12/c1-77-47-25-37(21-17-33(47)29-73)81-53-51-52(54(82-38-22-18-34(30-74)48(26-38)78-2)56(84-40-24-20-36(32-76)50(28-40)80-4)55(53)83-39-23-19-35(31-75)49(27-39)79-3)64-71-62-46-16-10-8-14-44(46)60(69-62)67-58-42-12-6-5-11-41(42)57(65-58)66-59-43-13-7-9-15-45(43)61(68-59)70-63(51)72-64/h5-28,73-76H,29-32H2,1-4H3,(H4,65,66,67,68,69,70,71,72). The van der Waals surface area contributed by atoms with Gasteiger partial charge in [0.15, 0.2) is 11.5 Å². The van der Waals surface area contributed by atoms with Crippen LogP contribution in [0.25, 0.3) is 43.1 Å². The third-order valence-corrected chi connectivity index (χ3v) is 14.5. The summed E-state index contributed by atoms with van der Waals surface area (Å²) in [4.78, 5) is 35.6. The molecule has 0 amide bonds. The first kappa shape index (κ1) is 52.7. The fourth-order valence-electron chi connectivity index (χ4n) is 10.4. The van der Waals surface area contributed by atoms with Crippen LogP contribution < -0.4 is 59.8 Å². The highest BCUT2D eigenvalue weighted by atomic mass is 16.6. The Morgan fingerprint density at radius 3 is 0.857 bits per heavy atom. The molecular formula is C64H52N8O12. The Labute approximate surface area is 476 Å². The van der Waals surface area contributed by atoms with Crippen molar-refractivity contribution in [1.29, 1.82) is 0 Å². The highest BCUT2D eigenvalue weighted by Crippen LogP contribution is 2.56. The van der Waals surface area contributed by atoms with Crippen molar-refractivity contribution in [3.05, 3.63) is 190 Å². The molecule has 12 aromatic rings. The average molecular weight is 1130 g/mol. The predicted molar refractivity (Wildman–Crippen MR) is 312 cm³/mol. The van der Waals surface area contributed by atoms with Gasteiger partial charge in [0.05, 0.1) is 65.6 Å². The quantitative estimate of drug-likeness (QED) is 0.0449. The predicted octanol–water partition coefficient (Wildman–Crippen LogP) is 10.9. The Balaban J connectivity index is 1.24. The molecule has 1 aliphatic rings. The number of aromatic nitrogens is 4. The molecule has 8 N–H and O–H groups in total. The lowest BCUT2D eigenvalue weighted by atomic mass is 10.1. The zero-order valence-corrected chi connectivity index (χ0v) is 45.5. The van der Waals surface area contributed by atoms with Gasteiger partial charge in [0.1, 0.15) is 91.2 Å². The molecule has 5 heterocycles. The zero-order chi connectivity index (χ0) is 57.6. The molecule has 0 unspecified atom stereocenters. The number of methoxy groups -OCH3 is 4. The summed E-state index contributed by atoms with van der Waals surface area (Å²) in [7, 11) is 5.95. The van der Waals surface area contributed by atoms with E-state index in [-0.39, 0.29) is 94.2 Å². The van der Waals surface area contributed by atoms with Crippen molar-refractivity contribution in [3.63, 3.8) is 0 Å². The monoisotopic (exact) mass is 1120 g/mol. The highest BCUT2D eigenvalue weighted by molar-refractivity contribution is 6.03. The van der Waals surface area contributed by atoms with E-state index in [0.29, 0.717) is 90.3 Å². The molecule has 8 aromatic carbocycles. The molecule has 0 saturated carbocycles. The summed E-state index contributed by atoms with van der Waals surface area (Å²) in [5, 5.41) is 46.7. The molecule has 0 atom stereocenters. The molecule has 8 bridgehead atoms. The number of ether oxygens (including phenoxy) is 8. The molecule has 0 radical (unpaired) electrons. The lowest BCUT2D eigenvalue weighted by Gasteiger charge is -2.22. The third-order valence-electron chi connectivity index (χ3n) is 14.5. The zero-order valence-electron chi connectivity index (χ0n) is 45.5. The van der Waals surface area contributed by atoms with E-state index in [4.69, 9.17) is 57.9 Å². The van der Waals surface area contributed by atoms with Crippen LogP contribution in [-0.4, -0.2) is 68.8 Å². The molecule has 13 rings (SSSR count). The van der Waals surface area contributed by atoms with E-state index in [9.17, 15) is 20.4 Å². The normalized spacial score (nSPS) is 11.9. The summed E-state index contributed by atoms with van der Waals surface area (Å²) in [6.45, 7) is -1.31. The number of hydrogen-bond donors (Lipinski definition) is 8. The van der Waals surface area contributed by atoms with Gasteiger partial charge in [-0.15, -0.1) is 0 Å². The largest absolute Gasteiger partial charge is 0.496 e. The van der Waals surface area contributed by atoms with Crippen molar-refractivity contribution in [2.24, 2.45) is 20.0 Å². The van der Waals surface area contributed by atoms with Crippen LogP contribution in [0.2, 0.25) is 0 Å². The summed E-state index contributed by atoms with van der Waals surface area (Å²) in [5.41, 5.74) is 3.46. The number of fused-ring (bicyclic) bond motifs is 20. The summed E-state index contributed by atoms with van der Waals surface area (Å²) >= 11 is 0. The number of aliphatic hydroxyl groups is 4. The van der Waals surface area contributed by atoms with E-state index in [1.165, 1.54) is 28.4 Å². The van der Waals surface area contributed by atoms with Gasteiger partial charge in [-0.25, -0.2) is 20.0 Å². The van der Waals surface area contributed by atoms with Gasteiger partial charge in [0, 0.05) is 78.8 Å². The van der Waals surface area contributed by atoms with Crippen LogP contribution in [0.5, 0.6) is 69.0 Å². The van der Waals surface area contributed by atoms with Gasteiger partial charge in [0.2, 0.25) is 11.5 Å². The minimum absolute atomic E-state index is 0.00995. The molecule has 20 heteroatoms. The first-order valence-corrected chi connectivity index (χ1v) is 26.5. The Morgan fingerprint density at radius 2 is 0.571 bits per heavy atom. The van der Waals surface area contributed by atoms with E-state index in [2.05, 4.69) is 19.9 Å². The van der Waals surface area contributed by atoms with Gasteiger partial charge in [-0.1, -0.05) is 72.8 Å². The van der Waals surface area contributed by atoms with Gasteiger partial charge in [-0.2, -0.15) is 0 Å². The molecule has 4 aromatic heterocycles. The number of nitrogens with zero attached hydrogens (tertiary/aromatic N) is 4. The number of hydrogen-bond acceptors (Lipinski definition) is 16. The number of rotatable bonds is 16. The second-order valence-corrected chi connectivity index (χ2v) is 19.4. The topological polar surface area (TPSA) is 267 Å². The second-order valence-electron chi connectivity index (χ2n) is 19.4. The average Bonchev–Trinajstić information content (AvgIpc) is 2.17. The number of aliphatic hydroxyl groups excluding tert-OH is 4. The van der Waals surface area contributed by atoms with Crippen LogP contribution in [0.3, 0.4) is 0 Å². The summed E-state index contributed by atoms with van der Waals surface area (Å²) in [6.07, 6.45) is 0. The molecule has 420 valence electrons. The first-order valence-electron chi connectivity index (χ1n) is 26.5. The molecule has 20 nitrogen and oxygen atoms in total. The van der Waals surface area contributed by atoms with Gasteiger partial charge >= 0.3 is 0 Å². The second kappa shape index (κ2) is 22.0. The van der Waals surface area contributed by atoms with E-state index in [1.807, 2.05) is 72.8 Å². The maximum atomic E-state index is 10.4. The van der Waals surface area contributed by atoms with Crippen LogP contribution in [0.1, 0.15) is 22.3 Å². The van der Waals surface area contributed by atoms with E-state index in [1.54, 1.807) is 72.8 Å². The number of benzene rings is 8. The maximum Gasteiger partial charge on any atom is 0.217 e. The van der Waals surface area contributed by atoms with Crippen LogP contribution in [0, 0.1) is 0 Å². The van der Waals surface area contributed by atoms with Crippen molar-refractivity contribution < 1.29 is 58.3 Å². The fourth-order valence-corrected chi connectivity index (χ4v) is 10.4. The van der Waals surface area contributed by atoms with Crippen LogP contribution in [-0.2, 0) is 26.4 Å². The fraction of sp³-hybridized carbons (Fsp3) is 0.125. The molecule has 84 heavy (non-hydrogen) atoms. The Hall–Kier alpha value is -10.6. The Bertz CT molecular complexity index is 4540. The van der Waals surface area contributed by atoms with Gasteiger partial charge in [-0.05, 0) is 48.5 Å². The molecule has 0 fully saturated rings. The van der Waals surface area contributed by atoms with E-state index >= 15 is 0 Å². The Kier molecular flexibility index (Phi) is 13.8. The molecule has 0 aliphatic carbocycles. The van der Waals surface area contributed by atoms with E-state index < -0.39 is 0 Å². The smallest absolute Gasteiger partial charge is 0.217 e. The number of H-pyrrole nitrogens is 4. The lowest BCUT2D eigenvalue weighted by Crippen LogP contribution is -2.10. The number of nitrogens with one attached hydrogen (secondary N) is 4. The van der Waals surface area contributed by atoms with Crippen LogP contribution in [0.15, 0.2) is 166 Å². The van der Waals surface area contributed by atoms with E-state index in [0.717, 1.165) is 21.5 Å². The molecule has 1 aliphatic heterocycles. The molecule has 0 saturated heterocycles. The van der Waals surface area contributed by atoms with Crippen LogP contribution in [0.4, 0.5) is 23.3 Å². The minimum atomic E-state index is -0.330. The molecular weight excluding hydrogens is 1070 g/mol. The SMILES string of the molecule is COc1cc(Oc2c(Oc3ccc(CO)c(OC)c3)c(Oc3ccc(CO)c(OC)c3)c3c4[nH]c(c3c2Oc2ccc(CO)c(OC)c2)=Nc2[nH]c(c3ccccc23)N=c2[nH]c(c3ccccc23)=Nc2[nH]c(c3ccccc23)N=4)ccc1CO. The van der Waals surface area contributed by atoms with Crippen molar-refractivity contribution in [2.45, 2.75) is 26.4 Å². The maximum absolute atomic E-state index is 10.4. The number of aromatic amines is 4. The van der Waals surface area contributed by atoms with Crippen LogP contribution >= 0.6 is 0 Å². The lowest BCUT2D eigenvalue weighted by molar-refractivity contribution is 0.272. The van der Waals surface area contributed by atoms with Gasteiger partial charge in [-0.3, -0.25) is 0 Å². The summed E-state index contributed by atoms with van der Waals surface area (Å²) in [6, 6.07) is 43.2. The molecule has 0 spiro atoms.